The van der Waals surface area contributed by atoms with Gasteiger partial charge in [-0.3, -0.25) is 0 Å². The van der Waals surface area contributed by atoms with Gasteiger partial charge in [-0.25, -0.2) is 0 Å². The molecular formula is C15H15NO2. The second kappa shape index (κ2) is 3.37. The van der Waals surface area contributed by atoms with Crippen molar-refractivity contribution in [2.45, 2.75) is 31.3 Å². The topological polar surface area (TPSA) is 53.2 Å². The molecule has 3 heteroatoms. The van der Waals surface area contributed by atoms with E-state index in [-0.39, 0.29) is 6.61 Å². The van der Waals surface area contributed by atoms with E-state index in [0.29, 0.717) is 6.42 Å². The first-order valence-electron chi connectivity index (χ1n) is 6.09. The molecule has 3 rings (SSSR count). The molecule has 1 aliphatic heterocycles. The fourth-order valence-corrected chi connectivity index (χ4v) is 2.80. The van der Waals surface area contributed by atoms with Gasteiger partial charge in [0.15, 0.2) is 0 Å². The Bertz CT molecular complexity index is 595. The van der Waals surface area contributed by atoms with E-state index >= 15 is 0 Å². The smallest absolute Gasteiger partial charge is 0.127 e. The fourth-order valence-electron chi connectivity index (χ4n) is 2.80. The van der Waals surface area contributed by atoms with Gasteiger partial charge in [-0.05, 0) is 37.5 Å². The van der Waals surface area contributed by atoms with E-state index in [1.54, 1.807) is 6.92 Å². The minimum Gasteiger partial charge on any atom is -0.490 e. The maximum absolute atomic E-state index is 10.4. The minimum absolute atomic E-state index is 0.262. The van der Waals surface area contributed by atoms with Crippen LogP contribution in [0.15, 0.2) is 24.3 Å². The summed E-state index contributed by atoms with van der Waals surface area (Å²) in [5.41, 5.74) is 1.25. The van der Waals surface area contributed by atoms with Crippen molar-refractivity contribution in [2.24, 2.45) is 0 Å². The Labute approximate surface area is 106 Å². The Morgan fingerprint density at radius 2 is 2.17 bits per heavy atom. The van der Waals surface area contributed by atoms with Gasteiger partial charge in [0.25, 0.3) is 0 Å². The molecule has 1 N–H and O–H groups in total. The van der Waals surface area contributed by atoms with Gasteiger partial charge in [0.05, 0.1) is 11.5 Å². The van der Waals surface area contributed by atoms with Crippen LogP contribution in [-0.2, 0) is 5.41 Å². The van der Waals surface area contributed by atoms with Crippen LogP contribution in [0.2, 0.25) is 0 Å². The molecule has 0 saturated carbocycles. The molecule has 1 aliphatic carbocycles. The number of nitriles is 1. The second-order valence-electron chi connectivity index (χ2n) is 5.51. The molecule has 0 amide bonds. The first-order chi connectivity index (χ1) is 8.48. The van der Waals surface area contributed by atoms with Gasteiger partial charge in [0, 0.05) is 5.56 Å². The maximum atomic E-state index is 10.4. The summed E-state index contributed by atoms with van der Waals surface area (Å²) in [6.07, 6.45) is 2.61. The predicted molar refractivity (Wildman–Crippen MR) is 68.1 cm³/mol. The first kappa shape index (κ1) is 11.3. The SMILES string of the molecule is CC1(O)COc2cccc3c2C1=CCC3(C)C#N. The van der Waals surface area contributed by atoms with E-state index in [1.807, 2.05) is 31.2 Å². The molecule has 0 radical (unpaired) electrons. The number of nitrogens with zero attached hydrogens (tertiary/aromatic N) is 1. The molecule has 0 aromatic heterocycles. The van der Waals surface area contributed by atoms with Gasteiger partial charge in [0.1, 0.15) is 18.0 Å². The molecule has 1 heterocycles. The van der Waals surface area contributed by atoms with Gasteiger partial charge >= 0.3 is 0 Å². The van der Waals surface area contributed by atoms with Crippen LogP contribution >= 0.6 is 0 Å². The number of hydrogen-bond donors (Lipinski definition) is 1. The lowest BCUT2D eigenvalue weighted by atomic mass is 9.69. The van der Waals surface area contributed by atoms with Crippen LogP contribution in [0.25, 0.3) is 5.57 Å². The normalized spacial score (nSPS) is 32.9. The van der Waals surface area contributed by atoms with Crippen LogP contribution in [0, 0.1) is 11.3 Å². The largest absolute Gasteiger partial charge is 0.490 e. The first-order valence-corrected chi connectivity index (χ1v) is 6.09. The van der Waals surface area contributed by atoms with Crippen LogP contribution in [0.5, 0.6) is 5.75 Å². The second-order valence-corrected chi connectivity index (χ2v) is 5.51. The molecule has 1 aromatic rings. The summed E-state index contributed by atoms with van der Waals surface area (Å²) < 4.78 is 5.62. The zero-order valence-corrected chi connectivity index (χ0v) is 10.5. The molecule has 92 valence electrons. The monoisotopic (exact) mass is 241 g/mol. The molecule has 0 bridgehead atoms. The molecule has 0 saturated heterocycles. The zero-order valence-electron chi connectivity index (χ0n) is 10.5. The highest BCUT2D eigenvalue weighted by molar-refractivity contribution is 5.82. The summed E-state index contributed by atoms with van der Waals surface area (Å²) >= 11 is 0. The fraction of sp³-hybridized carbons (Fsp3) is 0.400. The highest BCUT2D eigenvalue weighted by atomic mass is 16.5. The minimum atomic E-state index is -0.972. The molecule has 2 unspecified atom stereocenters. The number of ether oxygens (including phenoxy) is 1. The number of rotatable bonds is 0. The van der Waals surface area contributed by atoms with Crippen molar-refractivity contribution < 1.29 is 9.84 Å². The molecule has 2 atom stereocenters. The van der Waals surface area contributed by atoms with E-state index in [0.717, 1.165) is 22.4 Å². The summed E-state index contributed by atoms with van der Waals surface area (Å²) in [6, 6.07) is 8.14. The zero-order chi connectivity index (χ0) is 13.0. The Morgan fingerprint density at radius 1 is 1.39 bits per heavy atom. The van der Waals surface area contributed by atoms with E-state index < -0.39 is 11.0 Å². The van der Waals surface area contributed by atoms with Crippen molar-refractivity contribution >= 4 is 5.57 Å². The molecule has 3 nitrogen and oxygen atoms in total. The van der Waals surface area contributed by atoms with E-state index in [9.17, 15) is 10.4 Å². The third-order valence-corrected chi connectivity index (χ3v) is 3.94. The van der Waals surface area contributed by atoms with Gasteiger partial charge in [0.2, 0.25) is 0 Å². The van der Waals surface area contributed by atoms with Crippen LogP contribution in [0.1, 0.15) is 31.4 Å². The van der Waals surface area contributed by atoms with Gasteiger partial charge in [-0.1, -0.05) is 18.2 Å². The summed E-state index contributed by atoms with van der Waals surface area (Å²) in [4.78, 5) is 0. The van der Waals surface area contributed by atoms with Crippen LogP contribution in [0.4, 0.5) is 0 Å². The average Bonchev–Trinajstić information content (AvgIpc) is 2.36. The van der Waals surface area contributed by atoms with E-state index in [1.165, 1.54) is 0 Å². The third-order valence-electron chi connectivity index (χ3n) is 3.94. The Hall–Kier alpha value is -1.79. The van der Waals surface area contributed by atoms with Crippen molar-refractivity contribution in [1.29, 1.82) is 5.26 Å². The summed E-state index contributed by atoms with van der Waals surface area (Å²) in [6.45, 7) is 3.95. The van der Waals surface area contributed by atoms with Gasteiger partial charge < -0.3 is 9.84 Å². The third kappa shape index (κ3) is 1.33. The molecule has 0 spiro atoms. The highest BCUT2D eigenvalue weighted by Crippen LogP contribution is 2.48. The molecule has 2 aliphatic rings. The number of aliphatic hydroxyl groups is 1. The Morgan fingerprint density at radius 3 is 2.89 bits per heavy atom. The highest BCUT2D eigenvalue weighted by Gasteiger charge is 2.42. The average molecular weight is 241 g/mol. The molecule has 1 aromatic carbocycles. The van der Waals surface area contributed by atoms with Crippen molar-refractivity contribution in [3.63, 3.8) is 0 Å². The molecule has 0 fully saturated rings. The lowest BCUT2D eigenvalue weighted by Crippen LogP contribution is -2.40. The standard InChI is InChI=1S/C15H15NO2/c1-14(8-16)7-6-11-13-10(14)4-3-5-12(13)18-9-15(11,2)17/h3-6,17H,7,9H2,1-2H3. The summed E-state index contributed by atoms with van der Waals surface area (Å²) in [5, 5.41) is 19.8. The molecular weight excluding hydrogens is 226 g/mol. The summed E-state index contributed by atoms with van der Waals surface area (Å²) in [5.74, 6) is 0.770. The number of hydrogen-bond acceptors (Lipinski definition) is 3. The quantitative estimate of drug-likeness (QED) is 0.758. The van der Waals surface area contributed by atoms with Gasteiger partial charge in [-0.2, -0.15) is 5.26 Å². The maximum Gasteiger partial charge on any atom is 0.127 e. The van der Waals surface area contributed by atoms with Gasteiger partial charge in [-0.15, -0.1) is 0 Å². The lowest BCUT2D eigenvalue weighted by Gasteiger charge is -2.39. The lowest BCUT2D eigenvalue weighted by molar-refractivity contribution is 0.0543. The predicted octanol–water partition coefficient (Wildman–Crippen LogP) is 2.40. The van der Waals surface area contributed by atoms with Crippen LogP contribution in [0.3, 0.4) is 0 Å². The number of benzene rings is 1. The number of allylic oxidation sites excluding steroid dienone is 1. The van der Waals surface area contributed by atoms with E-state index in [4.69, 9.17) is 4.74 Å². The van der Waals surface area contributed by atoms with Crippen molar-refractivity contribution in [3.05, 3.63) is 35.4 Å². The van der Waals surface area contributed by atoms with Crippen molar-refractivity contribution in [3.8, 4) is 11.8 Å². The summed E-state index contributed by atoms with van der Waals surface area (Å²) in [7, 11) is 0. The van der Waals surface area contributed by atoms with Crippen molar-refractivity contribution in [2.75, 3.05) is 6.61 Å². The van der Waals surface area contributed by atoms with Crippen molar-refractivity contribution in [1.82, 2.24) is 0 Å². The Balaban J connectivity index is 2.31. The Kier molecular flexibility index (Phi) is 2.11. The molecule has 18 heavy (non-hydrogen) atoms. The van der Waals surface area contributed by atoms with Crippen LogP contribution in [-0.4, -0.2) is 17.3 Å². The van der Waals surface area contributed by atoms with Crippen LogP contribution < -0.4 is 4.74 Å². The van der Waals surface area contributed by atoms with E-state index in [2.05, 4.69) is 6.07 Å².